The van der Waals surface area contributed by atoms with Crippen LogP contribution >= 0.6 is 0 Å². The number of aliphatic hydroxyl groups excluding tert-OH is 1. The maximum Gasteiger partial charge on any atom is 0.303 e. The number of carbonyl (C=O) groups excluding carboxylic acids is 1. The number of unbranched alkanes of at least 4 members (excludes halogenated alkanes) is 3. The normalized spacial score (nSPS) is 26.0. The standard InChI is InChI=1S/C21H34O5/c1-3-4-9-13-21(2,26)14-12-17-16(18(22)15-19(17)23)10-7-5-6-8-11-20(24)25/h5,7,12,14,16-18,22,26H,3-4,6,8-11,13,15H2,1-2H3,(H,24,25)/b7-5-,14-12-/t16-,17-,18+,21-/m1/s1. The van der Waals surface area contributed by atoms with Crippen molar-refractivity contribution in [3.63, 3.8) is 0 Å². The van der Waals surface area contributed by atoms with Gasteiger partial charge in [0.1, 0.15) is 5.78 Å². The van der Waals surface area contributed by atoms with Gasteiger partial charge in [0.15, 0.2) is 0 Å². The van der Waals surface area contributed by atoms with Gasteiger partial charge in [0.05, 0.1) is 11.7 Å². The Kier molecular flexibility index (Phi) is 9.81. The number of carboxylic acids is 1. The van der Waals surface area contributed by atoms with E-state index in [9.17, 15) is 19.8 Å². The zero-order valence-corrected chi connectivity index (χ0v) is 16.1. The molecule has 0 aromatic heterocycles. The van der Waals surface area contributed by atoms with E-state index in [1.165, 1.54) is 0 Å². The SMILES string of the molecule is CCCCC[C@@](C)(O)/C=C\[C@H]1C(=O)C[C@H](O)[C@@H]1C/C=C\CCCC(=O)O. The molecule has 4 atom stereocenters. The van der Waals surface area contributed by atoms with E-state index in [-0.39, 0.29) is 30.5 Å². The second-order valence-corrected chi connectivity index (χ2v) is 7.59. The molecule has 5 nitrogen and oxygen atoms in total. The zero-order chi connectivity index (χ0) is 19.6. The van der Waals surface area contributed by atoms with Crippen molar-refractivity contribution in [1.29, 1.82) is 0 Å². The van der Waals surface area contributed by atoms with Crippen LogP contribution in [0.4, 0.5) is 0 Å². The molecule has 0 aromatic carbocycles. The van der Waals surface area contributed by atoms with Gasteiger partial charge in [0.25, 0.3) is 0 Å². The van der Waals surface area contributed by atoms with E-state index < -0.39 is 17.7 Å². The molecule has 0 unspecified atom stereocenters. The molecule has 0 aliphatic heterocycles. The lowest BCUT2D eigenvalue weighted by Crippen LogP contribution is -2.23. The summed E-state index contributed by atoms with van der Waals surface area (Å²) < 4.78 is 0. The average molecular weight is 366 g/mol. The van der Waals surface area contributed by atoms with Crippen molar-refractivity contribution in [1.82, 2.24) is 0 Å². The summed E-state index contributed by atoms with van der Waals surface area (Å²) in [6, 6.07) is 0. The Morgan fingerprint density at radius 2 is 2.00 bits per heavy atom. The molecule has 1 fully saturated rings. The molecular formula is C21H34O5. The smallest absolute Gasteiger partial charge is 0.303 e. The predicted octanol–water partition coefficient (Wildman–Crippen LogP) is 3.64. The first-order chi connectivity index (χ1) is 12.3. The van der Waals surface area contributed by atoms with Crippen molar-refractivity contribution in [3.8, 4) is 0 Å². The van der Waals surface area contributed by atoms with Gasteiger partial charge in [0.2, 0.25) is 0 Å². The third-order valence-corrected chi connectivity index (χ3v) is 5.02. The number of ketones is 1. The van der Waals surface area contributed by atoms with Crippen LogP contribution in [0.5, 0.6) is 0 Å². The second kappa shape index (κ2) is 11.3. The van der Waals surface area contributed by atoms with Gasteiger partial charge in [0, 0.05) is 24.7 Å². The van der Waals surface area contributed by atoms with E-state index in [1.54, 1.807) is 19.1 Å². The highest BCUT2D eigenvalue weighted by molar-refractivity contribution is 5.86. The first-order valence-corrected chi connectivity index (χ1v) is 9.76. The van der Waals surface area contributed by atoms with Crippen molar-refractivity contribution in [2.75, 3.05) is 0 Å². The molecule has 1 aliphatic rings. The summed E-state index contributed by atoms with van der Waals surface area (Å²) in [4.78, 5) is 22.7. The van der Waals surface area contributed by atoms with Gasteiger partial charge in [-0.3, -0.25) is 9.59 Å². The Bertz CT molecular complexity index is 507. The topological polar surface area (TPSA) is 94.8 Å². The van der Waals surface area contributed by atoms with Crippen LogP contribution in [0.25, 0.3) is 0 Å². The Labute approximate surface area is 156 Å². The number of rotatable bonds is 12. The monoisotopic (exact) mass is 366 g/mol. The fourth-order valence-corrected chi connectivity index (χ4v) is 3.39. The van der Waals surface area contributed by atoms with Crippen LogP contribution in [0.15, 0.2) is 24.3 Å². The number of aliphatic hydroxyl groups is 2. The molecule has 26 heavy (non-hydrogen) atoms. The lowest BCUT2D eigenvalue weighted by atomic mass is 9.88. The molecule has 0 amide bonds. The highest BCUT2D eigenvalue weighted by Crippen LogP contribution is 2.34. The van der Waals surface area contributed by atoms with Crippen molar-refractivity contribution in [2.24, 2.45) is 11.8 Å². The van der Waals surface area contributed by atoms with E-state index in [2.05, 4.69) is 6.92 Å². The van der Waals surface area contributed by atoms with Crippen LogP contribution in [0.1, 0.15) is 71.6 Å². The van der Waals surface area contributed by atoms with Gasteiger partial charge in [-0.1, -0.05) is 50.5 Å². The minimum absolute atomic E-state index is 0.0161. The number of Topliss-reactive ketones (excluding diaryl/α,β-unsaturated/α-hetero) is 1. The molecule has 148 valence electrons. The van der Waals surface area contributed by atoms with Gasteiger partial charge >= 0.3 is 5.97 Å². The third kappa shape index (κ3) is 8.28. The molecule has 0 heterocycles. The first-order valence-electron chi connectivity index (χ1n) is 9.76. The van der Waals surface area contributed by atoms with Crippen molar-refractivity contribution in [3.05, 3.63) is 24.3 Å². The van der Waals surface area contributed by atoms with Gasteiger partial charge < -0.3 is 15.3 Å². The fourth-order valence-electron chi connectivity index (χ4n) is 3.39. The molecule has 5 heteroatoms. The summed E-state index contributed by atoms with van der Waals surface area (Å²) >= 11 is 0. The molecule has 3 N–H and O–H groups in total. The Morgan fingerprint density at radius 1 is 1.27 bits per heavy atom. The molecule has 0 aromatic rings. The lowest BCUT2D eigenvalue weighted by Gasteiger charge is -2.21. The van der Waals surface area contributed by atoms with Crippen LogP contribution in [0, 0.1) is 11.8 Å². The Hall–Kier alpha value is -1.46. The summed E-state index contributed by atoms with van der Waals surface area (Å²) in [6.45, 7) is 3.87. The lowest BCUT2D eigenvalue weighted by molar-refractivity contribution is -0.137. The quantitative estimate of drug-likeness (QED) is 0.362. The molecule has 0 spiro atoms. The highest BCUT2D eigenvalue weighted by Gasteiger charge is 2.39. The third-order valence-electron chi connectivity index (χ3n) is 5.02. The molecule has 1 saturated carbocycles. The van der Waals surface area contributed by atoms with Crippen LogP contribution in [0.2, 0.25) is 0 Å². The van der Waals surface area contributed by atoms with Gasteiger partial charge in [-0.2, -0.15) is 0 Å². The van der Waals surface area contributed by atoms with E-state index in [0.29, 0.717) is 25.7 Å². The Morgan fingerprint density at radius 3 is 2.65 bits per heavy atom. The first kappa shape index (κ1) is 22.6. The van der Waals surface area contributed by atoms with E-state index in [4.69, 9.17) is 5.11 Å². The number of carbonyl (C=O) groups is 2. The van der Waals surface area contributed by atoms with Crippen molar-refractivity contribution >= 4 is 11.8 Å². The van der Waals surface area contributed by atoms with Gasteiger partial charge in [-0.25, -0.2) is 0 Å². The Balaban J connectivity index is 2.58. The minimum Gasteiger partial charge on any atom is -0.481 e. The molecule has 0 radical (unpaired) electrons. The number of hydrogen-bond acceptors (Lipinski definition) is 4. The molecule has 1 aliphatic carbocycles. The highest BCUT2D eigenvalue weighted by atomic mass is 16.4. The van der Waals surface area contributed by atoms with Crippen molar-refractivity contribution in [2.45, 2.75) is 83.3 Å². The van der Waals surface area contributed by atoms with Gasteiger partial charge in [-0.05, 0) is 32.6 Å². The minimum atomic E-state index is -0.930. The molecule has 0 saturated heterocycles. The summed E-state index contributed by atoms with van der Waals surface area (Å²) in [5, 5.41) is 29.2. The number of hydrogen-bond donors (Lipinski definition) is 3. The maximum absolute atomic E-state index is 12.2. The summed E-state index contributed by atoms with van der Waals surface area (Å²) in [6.07, 6.45) is 12.6. The average Bonchev–Trinajstić information content (AvgIpc) is 2.82. The van der Waals surface area contributed by atoms with Crippen LogP contribution in [0.3, 0.4) is 0 Å². The largest absolute Gasteiger partial charge is 0.481 e. The van der Waals surface area contributed by atoms with Crippen molar-refractivity contribution < 1.29 is 24.9 Å². The molecular weight excluding hydrogens is 332 g/mol. The second-order valence-electron chi connectivity index (χ2n) is 7.59. The number of carboxylic acid groups (broad SMARTS) is 1. The summed E-state index contributed by atoms with van der Waals surface area (Å²) in [7, 11) is 0. The van der Waals surface area contributed by atoms with E-state index in [1.807, 2.05) is 12.2 Å². The summed E-state index contributed by atoms with van der Waals surface area (Å²) in [5.41, 5.74) is -0.930. The van der Waals surface area contributed by atoms with E-state index >= 15 is 0 Å². The molecule has 1 rings (SSSR count). The zero-order valence-electron chi connectivity index (χ0n) is 16.1. The van der Waals surface area contributed by atoms with Gasteiger partial charge in [-0.15, -0.1) is 0 Å². The van der Waals surface area contributed by atoms with Crippen LogP contribution in [-0.4, -0.2) is 38.8 Å². The predicted molar refractivity (Wildman–Crippen MR) is 102 cm³/mol. The fraction of sp³-hybridized carbons (Fsp3) is 0.714. The van der Waals surface area contributed by atoms with E-state index in [0.717, 1.165) is 19.3 Å². The van der Waals surface area contributed by atoms with Crippen LogP contribution < -0.4 is 0 Å². The number of aliphatic carboxylic acids is 1. The maximum atomic E-state index is 12.2. The molecule has 0 bridgehead atoms. The number of allylic oxidation sites excluding steroid dienone is 3. The summed E-state index contributed by atoms with van der Waals surface area (Å²) in [5.74, 6) is -1.33. The van der Waals surface area contributed by atoms with Crippen LogP contribution in [-0.2, 0) is 9.59 Å².